The molecule has 1 aromatic rings. The molecule has 1 aromatic carbocycles. The van der Waals surface area contributed by atoms with E-state index in [1.54, 1.807) is 0 Å². The van der Waals surface area contributed by atoms with Crippen LogP contribution in [0.2, 0.25) is 10.0 Å². The van der Waals surface area contributed by atoms with Gasteiger partial charge in [0.15, 0.2) is 0 Å². The van der Waals surface area contributed by atoms with E-state index in [2.05, 4.69) is 10.0 Å². The third-order valence-electron chi connectivity index (χ3n) is 2.51. The Morgan fingerprint density at radius 1 is 1.38 bits per heavy atom. The first-order chi connectivity index (χ1) is 9.77. The largest absolute Gasteiger partial charge is 0.383 e. The van der Waals surface area contributed by atoms with Crippen LogP contribution < -0.4 is 10.0 Å². The molecule has 0 aromatic heterocycles. The van der Waals surface area contributed by atoms with Gasteiger partial charge in [0, 0.05) is 18.7 Å². The third-order valence-corrected chi connectivity index (χ3v) is 4.77. The van der Waals surface area contributed by atoms with Gasteiger partial charge < -0.3 is 10.1 Å². The summed E-state index contributed by atoms with van der Waals surface area (Å²) in [4.78, 5) is 11.6. The molecule has 1 atom stereocenters. The molecule has 9 heteroatoms. The molecule has 1 amide bonds. The molecular weight excluding hydrogens is 339 g/mol. The van der Waals surface area contributed by atoms with Crippen LogP contribution in [-0.4, -0.2) is 40.6 Å². The highest BCUT2D eigenvalue weighted by Crippen LogP contribution is 2.24. The number of hydrogen-bond acceptors (Lipinski definition) is 4. The van der Waals surface area contributed by atoms with E-state index in [4.69, 9.17) is 27.9 Å². The van der Waals surface area contributed by atoms with E-state index in [9.17, 15) is 13.2 Å². The molecule has 0 saturated carbocycles. The molecule has 2 N–H and O–H groups in total. The van der Waals surface area contributed by atoms with E-state index in [0.717, 1.165) is 0 Å². The van der Waals surface area contributed by atoms with Gasteiger partial charge in [-0.1, -0.05) is 23.2 Å². The van der Waals surface area contributed by atoms with E-state index < -0.39 is 22.0 Å². The minimum atomic E-state index is -3.95. The van der Waals surface area contributed by atoms with Crippen molar-refractivity contribution in [1.82, 2.24) is 10.0 Å². The van der Waals surface area contributed by atoms with E-state index >= 15 is 0 Å². The summed E-state index contributed by atoms with van der Waals surface area (Å²) in [5.74, 6) is -0.464. The lowest BCUT2D eigenvalue weighted by Crippen LogP contribution is -2.45. The number of halogens is 2. The van der Waals surface area contributed by atoms with Gasteiger partial charge in [-0.25, -0.2) is 8.42 Å². The number of benzene rings is 1. The maximum absolute atomic E-state index is 12.2. The molecule has 118 valence electrons. The van der Waals surface area contributed by atoms with Crippen molar-refractivity contribution in [2.45, 2.75) is 17.9 Å². The van der Waals surface area contributed by atoms with E-state index in [0.29, 0.717) is 13.2 Å². The Morgan fingerprint density at radius 2 is 2.05 bits per heavy atom. The minimum Gasteiger partial charge on any atom is -0.383 e. The first-order valence-corrected chi connectivity index (χ1v) is 8.26. The van der Waals surface area contributed by atoms with Crippen LogP contribution in [0.3, 0.4) is 0 Å². The molecule has 21 heavy (non-hydrogen) atoms. The van der Waals surface area contributed by atoms with Crippen molar-refractivity contribution in [3.05, 3.63) is 28.2 Å². The average Bonchev–Trinajstić information content (AvgIpc) is 2.41. The summed E-state index contributed by atoms with van der Waals surface area (Å²) < 4.78 is 31.4. The average molecular weight is 355 g/mol. The lowest BCUT2D eigenvalue weighted by atomic mass is 10.3. The molecule has 6 nitrogen and oxygen atoms in total. The van der Waals surface area contributed by atoms with Gasteiger partial charge in [-0.2, -0.15) is 4.72 Å². The topological polar surface area (TPSA) is 84.5 Å². The van der Waals surface area contributed by atoms with Crippen molar-refractivity contribution < 1.29 is 17.9 Å². The van der Waals surface area contributed by atoms with Gasteiger partial charge in [0.1, 0.15) is 4.90 Å². The number of sulfonamides is 1. The van der Waals surface area contributed by atoms with Crippen LogP contribution in [0.15, 0.2) is 23.1 Å². The fourth-order valence-corrected chi connectivity index (χ4v) is 3.43. The summed E-state index contributed by atoms with van der Waals surface area (Å²) in [7, 11) is -2.45. The Morgan fingerprint density at radius 3 is 2.67 bits per heavy atom. The molecule has 0 heterocycles. The van der Waals surface area contributed by atoms with Crippen molar-refractivity contribution in [3.8, 4) is 0 Å². The molecule has 0 fully saturated rings. The molecule has 0 bridgehead atoms. The number of ether oxygens (including phenoxy) is 1. The first kappa shape index (κ1) is 18.2. The molecule has 0 radical (unpaired) electrons. The SMILES string of the molecule is COCCNC(=O)[C@H](C)NS(=O)(=O)c1cc(Cl)ccc1Cl. The number of rotatable bonds is 7. The Labute approximate surface area is 133 Å². The summed E-state index contributed by atoms with van der Waals surface area (Å²) in [5, 5.41) is 2.79. The number of amides is 1. The first-order valence-electron chi connectivity index (χ1n) is 6.02. The van der Waals surface area contributed by atoms with Crippen molar-refractivity contribution in [1.29, 1.82) is 0 Å². The molecule has 0 aliphatic rings. The standard InChI is InChI=1S/C12H16Cl2N2O4S/c1-8(12(17)15-5-6-20-2)16-21(18,19)11-7-9(13)3-4-10(11)14/h3-4,7-8,16H,5-6H2,1-2H3,(H,15,17)/t8-/m0/s1. The van der Waals surface area contributed by atoms with Gasteiger partial charge in [0.2, 0.25) is 15.9 Å². The summed E-state index contributed by atoms with van der Waals surface area (Å²) in [6.07, 6.45) is 0. The van der Waals surface area contributed by atoms with Gasteiger partial charge >= 0.3 is 0 Å². The fourth-order valence-electron chi connectivity index (χ4n) is 1.46. The molecule has 0 aliphatic carbocycles. The zero-order valence-electron chi connectivity index (χ0n) is 11.5. The van der Waals surface area contributed by atoms with Crippen LogP contribution in [0.25, 0.3) is 0 Å². The Bertz CT molecular complexity index is 607. The van der Waals surface area contributed by atoms with Gasteiger partial charge in [-0.15, -0.1) is 0 Å². The Balaban J connectivity index is 2.80. The second-order valence-electron chi connectivity index (χ2n) is 4.20. The predicted molar refractivity (Wildman–Crippen MR) is 81.1 cm³/mol. The highest BCUT2D eigenvalue weighted by molar-refractivity contribution is 7.89. The van der Waals surface area contributed by atoms with Crippen LogP contribution in [0, 0.1) is 0 Å². The Kier molecular flexibility index (Phi) is 6.89. The van der Waals surface area contributed by atoms with Crippen molar-refractivity contribution in [3.63, 3.8) is 0 Å². The number of carbonyl (C=O) groups excluding carboxylic acids is 1. The van der Waals surface area contributed by atoms with Gasteiger partial charge in [0.25, 0.3) is 0 Å². The maximum Gasteiger partial charge on any atom is 0.242 e. The quantitative estimate of drug-likeness (QED) is 0.725. The highest BCUT2D eigenvalue weighted by atomic mass is 35.5. The second kappa shape index (κ2) is 7.95. The normalized spacial score (nSPS) is 13.0. The number of nitrogens with one attached hydrogen (secondary N) is 2. The second-order valence-corrected chi connectivity index (χ2v) is 6.73. The monoisotopic (exact) mass is 354 g/mol. The van der Waals surface area contributed by atoms with Crippen molar-refractivity contribution in [2.75, 3.05) is 20.3 Å². The molecular formula is C12H16Cl2N2O4S. The summed E-state index contributed by atoms with van der Waals surface area (Å²) >= 11 is 11.6. The molecule has 1 rings (SSSR count). The van der Waals surface area contributed by atoms with Crippen LogP contribution in [0.1, 0.15) is 6.92 Å². The third kappa shape index (κ3) is 5.44. The summed E-state index contributed by atoms with van der Waals surface area (Å²) in [6, 6.07) is 3.12. The maximum atomic E-state index is 12.2. The fraction of sp³-hybridized carbons (Fsp3) is 0.417. The summed E-state index contributed by atoms with van der Waals surface area (Å²) in [5.41, 5.74) is 0. The molecule has 0 saturated heterocycles. The molecule has 0 aliphatic heterocycles. The van der Waals surface area contributed by atoms with Crippen LogP contribution >= 0.6 is 23.2 Å². The van der Waals surface area contributed by atoms with E-state index in [1.165, 1.54) is 32.2 Å². The molecule has 0 unspecified atom stereocenters. The van der Waals surface area contributed by atoms with Crippen molar-refractivity contribution >= 4 is 39.1 Å². The van der Waals surface area contributed by atoms with Crippen LogP contribution in [0.4, 0.5) is 0 Å². The van der Waals surface area contributed by atoms with Gasteiger partial charge in [0.05, 0.1) is 17.7 Å². The van der Waals surface area contributed by atoms with Crippen LogP contribution in [0.5, 0.6) is 0 Å². The predicted octanol–water partition coefficient (Wildman–Crippen LogP) is 1.42. The lowest BCUT2D eigenvalue weighted by molar-refractivity contribution is -0.122. The lowest BCUT2D eigenvalue weighted by Gasteiger charge is -2.15. The van der Waals surface area contributed by atoms with Crippen LogP contribution in [-0.2, 0) is 19.6 Å². The highest BCUT2D eigenvalue weighted by Gasteiger charge is 2.24. The number of carbonyl (C=O) groups is 1. The van der Waals surface area contributed by atoms with Gasteiger partial charge in [-0.05, 0) is 25.1 Å². The number of methoxy groups -OCH3 is 1. The smallest absolute Gasteiger partial charge is 0.242 e. The minimum absolute atomic E-state index is 0.0268. The van der Waals surface area contributed by atoms with Gasteiger partial charge in [-0.3, -0.25) is 4.79 Å². The summed E-state index contributed by atoms with van der Waals surface area (Å²) in [6.45, 7) is 2.06. The van der Waals surface area contributed by atoms with E-state index in [1.807, 2.05) is 0 Å². The van der Waals surface area contributed by atoms with E-state index in [-0.39, 0.29) is 14.9 Å². The zero-order chi connectivity index (χ0) is 16.0. The number of hydrogen-bond donors (Lipinski definition) is 2. The zero-order valence-corrected chi connectivity index (χ0v) is 13.8. The van der Waals surface area contributed by atoms with Crippen molar-refractivity contribution in [2.24, 2.45) is 0 Å². The molecule has 0 spiro atoms. The Hall–Kier alpha value is -0.860.